The van der Waals surface area contributed by atoms with E-state index in [1.807, 2.05) is 6.92 Å². The highest BCUT2D eigenvalue weighted by atomic mass is 32.2. The molecule has 1 rings (SSSR count). The van der Waals surface area contributed by atoms with Crippen LogP contribution in [0.4, 0.5) is 0 Å². The van der Waals surface area contributed by atoms with Gasteiger partial charge in [-0.25, -0.2) is 0 Å². The Labute approximate surface area is 89.1 Å². The molecule has 0 aromatic heterocycles. The molecule has 0 saturated carbocycles. The summed E-state index contributed by atoms with van der Waals surface area (Å²) in [5.74, 6) is 0. The van der Waals surface area contributed by atoms with Gasteiger partial charge in [-0.15, -0.1) is 0 Å². The molecule has 0 spiro atoms. The molecule has 86 valence electrons. The number of benzene rings is 1. The standard InChI is InChI=1S/C9H12O4S.H3N/c1-7-2-3-9(14(11,12)13)6-8(7)4-5-10;/h2-3,6,10H,4-5H2,1H3,(H,11,12,13);1H3. The van der Waals surface area contributed by atoms with E-state index in [9.17, 15) is 8.42 Å². The largest absolute Gasteiger partial charge is 0.396 e. The molecular weight excluding hydrogens is 218 g/mol. The predicted molar refractivity (Wildman–Crippen MR) is 56.8 cm³/mol. The lowest BCUT2D eigenvalue weighted by atomic mass is 10.1. The monoisotopic (exact) mass is 233 g/mol. The number of aliphatic hydroxyl groups is 1. The Bertz CT molecular complexity index is 428. The number of aliphatic hydroxyl groups excluding tert-OH is 1. The molecule has 0 heterocycles. The van der Waals surface area contributed by atoms with Crippen molar-refractivity contribution in [3.63, 3.8) is 0 Å². The van der Waals surface area contributed by atoms with Crippen molar-refractivity contribution in [2.45, 2.75) is 18.2 Å². The highest BCUT2D eigenvalue weighted by Gasteiger charge is 2.10. The molecule has 15 heavy (non-hydrogen) atoms. The molecule has 0 amide bonds. The molecule has 0 aliphatic carbocycles. The van der Waals surface area contributed by atoms with Gasteiger partial charge in [-0.1, -0.05) is 6.07 Å². The van der Waals surface area contributed by atoms with E-state index in [2.05, 4.69) is 0 Å². The van der Waals surface area contributed by atoms with Crippen LogP contribution in [0.5, 0.6) is 0 Å². The first-order chi connectivity index (χ1) is 6.45. The van der Waals surface area contributed by atoms with Gasteiger partial charge in [0.05, 0.1) is 4.90 Å². The maximum absolute atomic E-state index is 10.8. The second-order valence-corrected chi connectivity index (χ2v) is 4.46. The Kier molecular flexibility index (Phi) is 4.89. The second kappa shape index (κ2) is 5.22. The zero-order valence-corrected chi connectivity index (χ0v) is 9.29. The molecule has 0 aliphatic heterocycles. The first-order valence-electron chi connectivity index (χ1n) is 4.13. The summed E-state index contributed by atoms with van der Waals surface area (Å²) in [6, 6.07) is 4.32. The van der Waals surface area contributed by atoms with Crippen molar-refractivity contribution in [3.05, 3.63) is 29.3 Å². The van der Waals surface area contributed by atoms with Gasteiger partial charge in [0, 0.05) is 6.61 Å². The fourth-order valence-corrected chi connectivity index (χ4v) is 1.73. The summed E-state index contributed by atoms with van der Waals surface area (Å²) in [6.45, 7) is 1.77. The quantitative estimate of drug-likeness (QED) is 0.673. The first kappa shape index (κ1) is 14.1. The van der Waals surface area contributed by atoms with E-state index in [1.165, 1.54) is 12.1 Å². The number of hydrogen-bond donors (Lipinski definition) is 3. The maximum atomic E-state index is 10.8. The van der Waals surface area contributed by atoms with Crippen molar-refractivity contribution in [1.29, 1.82) is 0 Å². The summed E-state index contributed by atoms with van der Waals surface area (Å²) in [5.41, 5.74) is 1.62. The Morgan fingerprint density at radius 1 is 1.33 bits per heavy atom. The van der Waals surface area contributed by atoms with Crippen LogP contribution in [0.15, 0.2) is 23.1 Å². The van der Waals surface area contributed by atoms with Crippen LogP contribution in [0.2, 0.25) is 0 Å². The lowest BCUT2D eigenvalue weighted by Gasteiger charge is -2.05. The van der Waals surface area contributed by atoms with Gasteiger partial charge in [0.2, 0.25) is 0 Å². The van der Waals surface area contributed by atoms with Gasteiger partial charge in [-0.2, -0.15) is 8.42 Å². The van der Waals surface area contributed by atoms with Gasteiger partial charge in [0.15, 0.2) is 0 Å². The molecule has 0 unspecified atom stereocenters. The van der Waals surface area contributed by atoms with Gasteiger partial charge < -0.3 is 11.3 Å². The van der Waals surface area contributed by atoms with E-state index in [4.69, 9.17) is 9.66 Å². The molecule has 0 radical (unpaired) electrons. The van der Waals surface area contributed by atoms with Crippen molar-refractivity contribution in [2.75, 3.05) is 6.61 Å². The molecule has 0 saturated heterocycles. The zero-order valence-electron chi connectivity index (χ0n) is 8.47. The number of aryl methyl sites for hydroxylation is 1. The molecule has 6 heteroatoms. The molecule has 5 nitrogen and oxygen atoms in total. The average Bonchev–Trinajstić information content (AvgIpc) is 2.07. The van der Waals surface area contributed by atoms with Crippen LogP contribution in [-0.4, -0.2) is 24.7 Å². The highest BCUT2D eigenvalue weighted by molar-refractivity contribution is 7.85. The third kappa shape index (κ3) is 3.60. The Hall–Kier alpha value is -0.950. The molecule has 1 aromatic carbocycles. The van der Waals surface area contributed by atoms with E-state index in [0.29, 0.717) is 6.42 Å². The lowest BCUT2D eigenvalue weighted by molar-refractivity contribution is 0.299. The van der Waals surface area contributed by atoms with Crippen LogP contribution in [0.3, 0.4) is 0 Å². The maximum Gasteiger partial charge on any atom is 0.294 e. The van der Waals surface area contributed by atoms with Crippen LogP contribution in [0.25, 0.3) is 0 Å². The third-order valence-electron chi connectivity index (χ3n) is 2.00. The van der Waals surface area contributed by atoms with E-state index in [-0.39, 0.29) is 17.7 Å². The van der Waals surface area contributed by atoms with Crippen molar-refractivity contribution in [3.8, 4) is 0 Å². The van der Waals surface area contributed by atoms with Crippen molar-refractivity contribution >= 4 is 10.1 Å². The molecule has 0 fully saturated rings. The molecular formula is C9H15NO4S. The molecule has 0 atom stereocenters. The highest BCUT2D eigenvalue weighted by Crippen LogP contribution is 2.15. The van der Waals surface area contributed by atoms with Crippen LogP contribution < -0.4 is 6.15 Å². The first-order valence-corrected chi connectivity index (χ1v) is 5.57. The van der Waals surface area contributed by atoms with Gasteiger partial charge >= 0.3 is 0 Å². The average molecular weight is 233 g/mol. The summed E-state index contributed by atoms with van der Waals surface area (Å²) in [4.78, 5) is -0.133. The Morgan fingerprint density at radius 3 is 2.40 bits per heavy atom. The Morgan fingerprint density at radius 2 is 1.93 bits per heavy atom. The second-order valence-electron chi connectivity index (χ2n) is 3.04. The summed E-state index contributed by atoms with van der Waals surface area (Å²) >= 11 is 0. The summed E-state index contributed by atoms with van der Waals surface area (Å²) in [6.07, 6.45) is 0.384. The minimum atomic E-state index is -4.14. The van der Waals surface area contributed by atoms with Crippen LogP contribution in [-0.2, 0) is 16.5 Å². The van der Waals surface area contributed by atoms with Crippen LogP contribution in [0, 0.1) is 6.92 Å². The van der Waals surface area contributed by atoms with Crippen molar-refractivity contribution in [2.24, 2.45) is 0 Å². The predicted octanol–water partition coefficient (Wildman–Crippen LogP) is 0.939. The summed E-state index contributed by atoms with van der Waals surface area (Å²) in [7, 11) is -4.14. The SMILES string of the molecule is Cc1ccc(S(=O)(=O)O)cc1CCO.N. The topological polar surface area (TPSA) is 110 Å². The van der Waals surface area contributed by atoms with E-state index >= 15 is 0 Å². The van der Waals surface area contributed by atoms with Gasteiger partial charge in [0.25, 0.3) is 10.1 Å². The number of rotatable bonds is 3. The minimum Gasteiger partial charge on any atom is -0.396 e. The molecule has 1 aromatic rings. The van der Waals surface area contributed by atoms with Crippen LogP contribution >= 0.6 is 0 Å². The fraction of sp³-hybridized carbons (Fsp3) is 0.333. The van der Waals surface area contributed by atoms with E-state index < -0.39 is 10.1 Å². The molecule has 0 bridgehead atoms. The number of hydrogen-bond acceptors (Lipinski definition) is 4. The van der Waals surface area contributed by atoms with Gasteiger partial charge in [0.1, 0.15) is 0 Å². The normalized spacial score (nSPS) is 10.9. The van der Waals surface area contributed by atoms with Gasteiger partial charge in [-0.05, 0) is 36.6 Å². The van der Waals surface area contributed by atoms with Gasteiger partial charge in [-0.3, -0.25) is 4.55 Å². The smallest absolute Gasteiger partial charge is 0.294 e. The lowest BCUT2D eigenvalue weighted by Crippen LogP contribution is -2.01. The van der Waals surface area contributed by atoms with E-state index in [1.54, 1.807) is 6.07 Å². The van der Waals surface area contributed by atoms with Crippen LogP contribution in [0.1, 0.15) is 11.1 Å². The van der Waals surface area contributed by atoms with Crippen molar-refractivity contribution in [1.82, 2.24) is 6.15 Å². The zero-order chi connectivity index (χ0) is 10.8. The van der Waals surface area contributed by atoms with Crippen molar-refractivity contribution < 1.29 is 18.1 Å². The summed E-state index contributed by atoms with van der Waals surface area (Å²) in [5, 5.41) is 8.73. The summed E-state index contributed by atoms with van der Waals surface area (Å²) < 4.78 is 30.4. The van der Waals surface area contributed by atoms with E-state index in [0.717, 1.165) is 11.1 Å². The third-order valence-corrected chi connectivity index (χ3v) is 2.85. The fourth-order valence-electron chi connectivity index (χ4n) is 1.20. The minimum absolute atomic E-state index is 0. The molecule has 0 aliphatic rings. The Balaban J connectivity index is 0.00000196. The molecule has 5 N–H and O–H groups in total.